The van der Waals surface area contributed by atoms with Crippen molar-refractivity contribution >= 4 is 21.5 Å². The molecule has 8 heteroatoms. The molecule has 2 atom stereocenters. The van der Waals surface area contributed by atoms with Gasteiger partial charge in [-0.3, -0.25) is 4.79 Å². The molecule has 1 aromatic rings. The predicted molar refractivity (Wildman–Crippen MR) is 110 cm³/mol. The van der Waals surface area contributed by atoms with Crippen molar-refractivity contribution in [1.82, 2.24) is 0 Å². The van der Waals surface area contributed by atoms with E-state index in [0.717, 1.165) is 23.1 Å². The second-order valence-corrected chi connectivity index (χ2v) is 9.53. The summed E-state index contributed by atoms with van der Waals surface area (Å²) in [4.78, 5) is 17.7. The molecule has 0 radical (unpaired) electrons. The molecule has 0 saturated carbocycles. The fraction of sp³-hybridized carbons (Fsp3) is 0.524. The van der Waals surface area contributed by atoms with Gasteiger partial charge in [0.05, 0.1) is 18.9 Å². The summed E-state index contributed by atoms with van der Waals surface area (Å²) in [7, 11) is -3.65. The van der Waals surface area contributed by atoms with Crippen molar-refractivity contribution in [3.8, 4) is 11.8 Å². The van der Waals surface area contributed by atoms with Crippen LogP contribution in [-0.4, -0.2) is 55.5 Å². The van der Waals surface area contributed by atoms with Gasteiger partial charge in [0, 0.05) is 24.7 Å². The minimum atomic E-state index is -3.65. The lowest BCUT2D eigenvalue weighted by Crippen LogP contribution is -2.45. The van der Waals surface area contributed by atoms with Crippen LogP contribution in [0, 0.1) is 11.8 Å². The minimum Gasteiger partial charge on any atom is -0.465 e. The molecule has 0 saturated heterocycles. The first-order valence-corrected chi connectivity index (χ1v) is 11.4. The van der Waals surface area contributed by atoms with Crippen molar-refractivity contribution < 1.29 is 27.9 Å². The molecule has 1 aliphatic heterocycles. The molecular formula is C21H27NO6S. The van der Waals surface area contributed by atoms with E-state index in [1.165, 1.54) is 6.92 Å². The fourth-order valence-corrected chi connectivity index (χ4v) is 3.73. The standard InChI is InChI=1S/C21H27NO6S/c1-4-27-20(24)21(2,29(3,25)26)13-12-18-15-19(22-28-18)17-10-8-16(9-11-17)7-5-6-14-23/h8-11,18,23H,4,6,12-15H2,1-3H3/t18-,21+/m0/s1. The Bertz CT molecular complexity index is 911. The first kappa shape index (κ1) is 22.9. The van der Waals surface area contributed by atoms with Crippen LogP contribution in [-0.2, 0) is 24.2 Å². The van der Waals surface area contributed by atoms with Crippen molar-refractivity contribution in [1.29, 1.82) is 0 Å². The molecule has 0 amide bonds. The summed E-state index contributed by atoms with van der Waals surface area (Å²) < 4.78 is 27.7. The van der Waals surface area contributed by atoms with Crippen LogP contribution >= 0.6 is 0 Å². The van der Waals surface area contributed by atoms with Gasteiger partial charge in [-0.25, -0.2) is 8.42 Å². The lowest BCUT2D eigenvalue weighted by molar-refractivity contribution is -0.146. The van der Waals surface area contributed by atoms with Crippen LogP contribution in [0.25, 0.3) is 0 Å². The number of carbonyl (C=O) groups is 1. The first-order chi connectivity index (χ1) is 13.7. The number of benzene rings is 1. The molecule has 1 N–H and O–H groups in total. The second-order valence-electron chi connectivity index (χ2n) is 7.08. The number of carbonyl (C=O) groups excluding carboxylic acids is 1. The highest BCUT2D eigenvalue weighted by Gasteiger charge is 2.45. The number of hydrogen-bond acceptors (Lipinski definition) is 7. The predicted octanol–water partition coefficient (Wildman–Crippen LogP) is 2.06. The SMILES string of the molecule is CCOC(=O)[C@@](C)(CC[C@H]1CC(c2ccc(C#CCCO)cc2)=NO1)S(C)(=O)=O. The largest absolute Gasteiger partial charge is 0.465 e. The molecule has 1 heterocycles. The Hall–Kier alpha value is -2.37. The quantitative estimate of drug-likeness (QED) is 0.509. The van der Waals surface area contributed by atoms with E-state index in [4.69, 9.17) is 14.7 Å². The van der Waals surface area contributed by atoms with E-state index in [-0.39, 0.29) is 25.7 Å². The Kier molecular flexibility index (Phi) is 7.82. The van der Waals surface area contributed by atoms with E-state index in [0.29, 0.717) is 19.3 Å². The van der Waals surface area contributed by atoms with Crippen LogP contribution in [0.1, 0.15) is 50.7 Å². The van der Waals surface area contributed by atoms with Gasteiger partial charge in [-0.15, -0.1) is 0 Å². The summed E-state index contributed by atoms with van der Waals surface area (Å²) in [6, 6.07) is 7.54. The van der Waals surface area contributed by atoms with Crippen molar-refractivity contribution in [2.24, 2.45) is 5.16 Å². The Labute approximate surface area is 172 Å². The van der Waals surface area contributed by atoms with Crippen LogP contribution in [0.15, 0.2) is 29.4 Å². The molecule has 1 aliphatic rings. The van der Waals surface area contributed by atoms with E-state index in [9.17, 15) is 13.2 Å². The van der Waals surface area contributed by atoms with Crippen LogP contribution < -0.4 is 0 Å². The number of nitrogens with zero attached hydrogens (tertiary/aromatic N) is 1. The highest BCUT2D eigenvalue weighted by molar-refractivity contribution is 7.92. The van der Waals surface area contributed by atoms with Gasteiger partial charge in [-0.1, -0.05) is 29.1 Å². The fourth-order valence-electron chi connectivity index (χ4n) is 2.88. The summed E-state index contributed by atoms with van der Waals surface area (Å²) in [6.07, 6.45) is 2.16. The molecule has 0 unspecified atom stereocenters. The topological polar surface area (TPSA) is 102 Å². The molecule has 2 rings (SSSR count). The Morgan fingerprint density at radius 1 is 1.38 bits per heavy atom. The van der Waals surface area contributed by atoms with Gasteiger partial charge in [0.15, 0.2) is 14.6 Å². The third-order valence-electron chi connectivity index (χ3n) is 4.89. The Morgan fingerprint density at radius 3 is 2.66 bits per heavy atom. The molecule has 0 bridgehead atoms. The summed E-state index contributed by atoms with van der Waals surface area (Å²) in [5.41, 5.74) is 2.51. The van der Waals surface area contributed by atoms with Gasteiger partial charge in [0.1, 0.15) is 6.10 Å². The van der Waals surface area contributed by atoms with Crippen LogP contribution in [0.5, 0.6) is 0 Å². The maximum absolute atomic E-state index is 12.2. The highest BCUT2D eigenvalue weighted by Crippen LogP contribution is 2.29. The van der Waals surface area contributed by atoms with E-state index >= 15 is 0 Å². The molecular weight excluding hydrogens is 394 g/mol. The average Bonchev–Trinajstić information content (AvgIpc) is 3.15. The zero-order valence-electron chi connectivity index (χ0n) is 17.0. The van der Waals surface area contributed by atoms with Crippen LogP contribution in [0.4, 0.5) is 0 Å². The van der Waals surface area contributed by atoms with Crippen LogP contribution in [0.3, 0.4) is 0 Å². The number of rotatable bonds is 8. The molecule has 158 valence electrons. The zero-order valence-corrected chi connectivity index (χ0v) is 17.8. The molecule has 0 aliphatic carbocycles. The van der Waals surface area contributed by atoms with Gasteiger partial charge >= 0.3 is 5.97 Å². The maximum atomic E-state index is 12.2. The van der Waals surface area contributed by atoms with E-state index < -0.39 is 20.6 Å². The highest BCUT2D eigenvalue weighted by atomic mass is 32.2. The van der Waals surface area contributed by atoms with Crippen molar-refractivity contribution in [2.75, 3.05) is 19.5 Å². The normalized spacial score (nSPS) is 18.1. The minimum absolute atomic E-state index is 0.0369. The molecule has 0 aromatic heterocycles. The summed E-state index contributed by atoms with van der Waals surface area (Å²) in [5.74, 6) is 5.09. The molecule has 7 nitrogen and oxygen atoms in total. The molecule has 0 spiro atoms. The third-order valence-corrected chi connectivity index (χ3v) is 6.90. The van der Waals surface area contributed by atoms with Gasteiger partial charge in [0.2, 0.25) is 0 Å². The number of aliphatic hydroxyl groups is 1. The number of aliphatic hydroxyl groups excluding tert-OH is 1. The number of oxime groups is 1. The van der Waals surface area contributed by atoms with Gasteiger partial charge < -0.3 is 14.7 Å². The van der Waals surface area contributed by atoms with Crippen molar-refractivity contribution in [3.63, 3.8) is 0 Å². The zero-order chi connectivity index (χ0) is 21.5. The Balaban J connectivity index is 1.98. The first-order valence-electron chi connectivity index (χ1n) is 9.51. The number of sulfone groups is 1. The summed E-state index contributed by atoms with van der Waals surface area (Å²) in [5, 5.41) is 12.9. The van der Waals surface area contributed by atoms with E-state index in [1.54, 1.807) is 6.92 Å². The van der Waals surface area contributed by atoms with Gasteiger partial charge in [-0.2, -0.15) is 0 Å². The Morgan fingerprint density at radius 2 is 2.07 bits per heavy atom. The summed E-state index contributed by atoms with van der Waals surface area (Å²) in [6.45, 7) is 3.20. The monoisotopic (exact) mass is 421 g/mol. The third kappa shape index (κ3) is 5.81. The maximum Gasteiger partial charge on any atom is 0.327 e. The van der Waals surface area contributed by atoms with Gasteiger partial charge in [-0.05, 0) is 44.4 Å². The molecule has 0 fully saturated rings. The van der Waals surface area contributed by atoms with E-state index in [1.807, 2.05) is 24.3 Å². The number of ether oxygens (including phenoxy) is 1. The number of esters is 1. The van der Waals surface area contributed by atoms with Gasteiger partial charge in [0.25, 0.3) is 0 Å². The number of hydrogen-bond donors (Lipinski definition) is 1. The second kappa shape index (κ2) is 9.90. The lowest BCUT2D eigenvalue weighted by atomic mass is 9.97. The molecule has 1 aromatic carbocycles. The molecule has 29 heavy (non-hydrogen) atoms. The lowest BCUT2D eigenvalue weighted by Gasteiger charge is -2.26. The van der Waals surface area contributed by atoms with Crippen LogP contribution in [0.2, 0.25) is 0 Å². The van der Waals surface area contributed by atoms with Crippen molar-refractivity contribution in [3.05, 3.63) is 35.4 Å². The summed E-state index contributed by atoms with van der Waals surface area (Å²) >= 11 is 0. The smallest absolute Gasteiger partial charge is 0.327 e. The van der Waals surface area contributed by atoms with Crippen molar-refractivity contribution in [2.45, 2.75) is 50.4 Å². The van der Waals surface area contributed by atoms with E-state index in [2.05, 4.69) is 17.0 Å². The average molecular weight is 422 g/mol.